The molecule has 0 saturated heterocycles. The van der Waals surface area contributed by atoms with Crippen molar-refractivity contribution in [1.29, 1.82) is 0 Å². The largest absolute Gasteiger partial charge is 0.396 e. The van der Waals surface area contributed by atoms with Crippen LogP contribution in [-0.4, -0.2) is 24.4 Å². The number of unbranched alkanes of at least 4 members (excludes halogenated alkanes) is 1. The molecule has 0 amide bonds. The first-order valence-electron chi connectivity index (χ1n) is 11.8. The standard InChI is InChI=1S/C28H34O2/c1-2-30-26-17-24(26)10-7-21-5-8-22(9-6-21)23-11-13-25(14-12-23)28-18-27(19-28,20-28)15-3-4-16-29/h5-14,24,26,29H,2-4,15-20H2,1H3/b10-7-. The quantitative estimate of drug-likeness (QED) is 0.468. The van der Waals surface area contributed by atoms with Crippen molar-refractivity contribution in [2.45, 2.75) is 63.4 Å². The molecule has 2 aromatic rings. The van der Waals surface area contributed by atoms with Gasteiger partial charge in [0.25, 0.3) is 0 Å². The number of hydrogen-bond acceptors (Lipinski definition) is 2. The third-order valence-corrected chi connectivity index (χ3v) is 7.69. The molecule has 0 radical (unpaired) electrons. The third-order valence-electron chi connectivity index (χ3n) is 7.69. The van der Waals surface area contributed by atoms with Crippen LogP contribution in [0.15, 0.2) is 54.6 Å². The predicted octanol–water partition coefficient (Wildman–Crippen LogP) is 6.38. The lowest BCUT2D eigenvalue weighted by atomic mass is 9.32. The Hall–Kier alpha value is -1.90. The van der Waals surface area contributed by atoms with Gasteiger partial charge in [-0.25, -0.2) is 0 Å². The van der Waals surface area contributed by atoms with E-state index in [0.717, 1.165) is 13.0 Å². The Kier molecular flexibility index (Phi) is 5.33. The zero-order valence-electron chi connectivity index (χ0n) is 18.1. The van der Waals surface area contributed by atoms with E-state index in [1.165, 1.54) is 60.8 Å². The van der Waals surface area contributed by atoms with E-state index < -0.39 is 0 Å². The van der Waals surface area contributed by atoms with Crippen LogP contribution in [-0.2, 0) is 10.2 Å². The van der Waals surface area contributed by atoms with E-state index in [0.29, 0.717) is 29.5 Å². The minimum atomic E-state index is 0.342. The van der Waals surface area contributed by atoms with E-state index in [4.69, 9.17) is 9.84 Å². The molecule has 1 N–H and O–H groups in total. The van der Waals surface area contributed by atoms with Gasteiger partial charge in [-0.15, -0.1) is 0 Å². The van der Waals surface area contributed by atoms with E-state index in [2.05, 4.69) is 67.6 Å². The number of rotatable bonds is 10. The van der Waals surface area contributed by atoms with Crippen molar-refractivity contribution in [3.05, 3.63) is 65.7 Å². The first-order valence-corrected chi connectivity index (χ1v) is 11.8. The molecule has 0 heterocycles. The topological polar surface area (TPSA) is 29.5 Å². The van der Waals surface area contributed by atoms with E-state index in [1.807, 2.05) is 0 Å². The predicted molar refractivity (Wildman–Crippen MR) is 123 cm³/mol. The molecule has 30 heavy (non-hydrogen) atoms. The molecule has 0 aliphatic heterocycles. The van der Waals surface area contributed by atoms with Crippen molar-refractivity contribution in [2.75, 3.05) is 13.2 Å². The van der Waals surface area contributed by atoms with Crippen LogP contribution in [0.3, 0.4) is 0 Å². The van der Waals surface area contributed by atoms with Crippen molar-refractivity contribution in [1.82, 2.24) is 0 Å². The highest BCUT2D eigenvalue weighted by Gasteiger charge is 2.67. The van der Waals surface area contributed by atoms with Crippen LogP contribution in [0, 0.1) is 11.3 Å². The maximum Gasteiger partial charge on any atom is 0.0645 e. The van der Waals surface area contributed by atoms with Gasteiger partial charge in [0, 0.05) is 19.1 Å². The summed E-state index contributed by atoms with van der Waals surface area (Å²) in [6.07, 6.45) is 13.7. The number of benzene rings is 2. The van der Waals surface area contributed by atoms with E-state index in [9.17, 15) is 0 Å². The molecular formula is C28H34O2. The number of ether oxygens (including phenoxy) is 1. The fraction of sp³-hybridized carbons (Fsp3) is 0.500. The zero-order valence-corrected chi connectivity index (χ0v) is 18.1. The molecule has 2 heteroatoms. The van der Waals surface area contributed by atoms with Gasteiger partial charge >= 0.3 is 0 Å². The van der Waals surface area contributed by atoms with Gasteiger partial charge in [0.15, 0.2) is 0 Å². The highest BCUT2D eigenvalue weighted by molar-refractivity contribution is 5.66. The summed E-state index contributed by atoms with van der Waals surface area (Å²) in [5.74, 6) is 0.600. The van der Waals surface area contributed by atoms with E-state index in [-0.39, 0.29) is 0 Å². The van der Waals surface area contributed by atoms with Gasteiger partial charge in [-0.05, 0) is 78.5 Å². The van der Waals surface area contributed by atoms with Crippen molar-refractivity contribution < 1.29 is 9.84 Å². The second-order valence-corrected chi connectivity index (χ2v) is 9.94. The minimum Gasteiger partial charge on any atom is -0.396 e. The van der Waals surface area contributed by atoms with Gasteiger partial charge in [-0.1, -0.05) is 67.1 Å². The Bertz CT molecular complexity index is 873. The monoisotopic (exact) mass is 402 g/mol. The highest BCUT2D eigenvalue weighted by Crippen LogP contribution is 2.75. The molecule has 0 aromatic heterocycles. The summed E-state index contributed by atoms with van der Waals surface area (Å²) in [6, 6.07) is 18.2. The van der Waals surface area contributed by atoms with Gasteiger partial charge in [0.1, 0.15) is 0 Å². The normalized spacial score (nSPS) is 31.4. The molecule has 4 aliphatic rings. The lowest BCUT2D eigenvalue weighted by molar-refractivity contribution is -0.147. The second-order valence-electron chi connectivity index (χ2n) is 9.94. The average Bonchev–Trinajstić information content (AvgIpc) is 3.46. The van der Waals surface area contributed by atoms with Crippen LogP contribution in [0.5, 0.6) is 0 Å². The van der Waals surface area contributed by atoms with Crippen LogP contribution < -0.4 is 0 Å². The lowest BCUT2D eigenvalue weighted by Gasteiger charge is -2.72. The van der Waals surface area contributed by atoms with Crippen LogP contribution in [0.2, 0.25) is 0 Å². The average molecular weight is 403 g/mol. The van der Waals surface area contributed by atoms with Gasteiger partial charge in [-0.3, -0.25) is 0 Å². The van der Waals surface area contributed by atoms with Crippen molar-refractivity contribution in [2.24, 2.45) is 11.3 Å². The number of aliphatic hydroxyl groups is 1. The maximum atomic E-state index is 9.00. The summed E-state index contributed by atoms with van der Waals surface area (Å²) >= 11 is 0. The van der Waals surface area contributed by atoms with Crippen LogP contribution in [0.25, 0.3) is 17.2 Å². The molecule has 158 valence electrons. The molecule has 2 atom stereocenters. The molecule has 0 spiro atoms. The van der Waals surface area contributed by atoms with Gasteiger partial charge in [-0.2, -0.15) is 0 Å². The molecule has 2 aromatic carbocycles. The highest BCUT2D eigenvalue weighted by atomic mass is 16.5. The Balaban J connectivity index is 1.16. The Labute approximate surface area is 181 Å². The maximum absolute atomic E-state index is 9.00. The van der Waals surface area contributed by atoms with Crippen LogP contribution in [0.4, 0.5) is 0 Å². The van der Waals surface area contributed by atoms with E-state index in [1.54, 1.807) is 0 Å². The van der Waals surface area contributed by atoms with Crippen molar-refractivity contribution in [3.8, 4) is 11.1 Å². The zero-order chi connectivity index (χ0) is 20.6. The first-order chi connectivity index (χ1) is 14.7. The van der Waals surface area contributed by atoms with Crippen molar-refractivity contribution in [3.63, 3.8) is 0 Å². The van der Waals surface area contributed by atoms with Crippen LogP contribution >= 0.6 is 0 Å². The van der Waals surface area contributed by atoms with Crippen molar-refractivity contribution >= 4 is 6.08 Å². The number of hydrogen-bond donors (Lipinski definition) is 1. The molecule has 2 bridgehead atoms. The molecule has 4 fully saturated rings. The fourth-order valence-electron chi connectivity index (χ4n) is 6.02. The molecular weight excluding hydrogens is 368 g/mol. The third kappa shape index (κ3) is 3.76. The molecule has 4 aliphatic carbocycles. The summed E-state index contributed by atoms with van der Waals surface area (Å²) in [5, 5.41) is 9.00. The minimum absolute atomic E-state index is 0.342. The second kappa shape index (κ2) is 7.98. The Morgan fingerprint density at radius 2 is 1.63 bits per heavy atom. The van der Waals surface area contributed by atoms with Gasteiger partial charge in [0.2, 0.25) is 0 Å². The Morgan fingerprint density at radius 3 is 2.27 bits per heavy atom. The smallest absolute Gasteiger partial charge is 0.0645 e. The molecule has 2 nitrogen and oxygen atoms in total. The Morgan fingerprint density at radius 1 is 0.967 bits per heavy atom. The van der Waals surface area contributed by atoms with E-state index >= 15 is 0 Å². The van der Waals surface area contributed by atoms with Gasteiger partial charge < -0.3 is 9.84 Å². The first kappa shape index (κ1) is 20.0. The summed E-state index contributed by atoms with van der Waals surface area (Å²) < 4.78 is 5.65. The van der Waals surface area contributed by atoms with Crippen LogP contribution in [0.1, 0.15) is 63.0 Å². The summed E-state index contributed by atoms with van der Waals surface area (Å²) in [6.45, 7) is 3.22. The molecule has 6 rings (SSSR count). The molecule has 4 saturated carbocycles. The fourth-order valence-corrected chi connectivity index (χ4v) is 6.02. The SMILES string of the molecule is CCOC1CC1/C=C\c1ccc(-c2ccc(C34CC(CCCCO)(C3)C4)cc2)cc1. The lowest BCUT2D eigenvalue weighted by Crippen LogP contribution is -2.64. The molecule has 2 unspecified atom stereocenters. The summed E-state index contributed by atoms with van der Waals surface area (Å²) in [5.41, 5.74) is 6.46. The van der Waals surface area contributed by atoms with Gasteiger partial charge in [0.05, 0.1) is 6.10 Å². The summed E-state index contributed by atoms with van der Waals surface area (Å²) in [4.78, 5) is 0. The summed E-state index contributed by atoms with van der Waals surface area (Å²) in [7, 11) is 0. The number of aliphatic hydroxyl groups excluding tert-OH is 1.